The molecule has 0 aliphatic carbocycles. The standard InChI is InChI=1S/C12H10F3N5O2S/c1-6(21)16-7-2-4-8(5-3-7)17-10(22)18-11-20-19-9(23-11)12(13,14)15/h2-5H,1H3,(H,16,21)(H2,17,18,20,22). The highest BCUT2D eigenvalue weighted by atomic mass is 32.1. The van der Waals surface area contributed by atoms with Crippen molar-refractivity contribution in [1.82, 2.24) is 10.2 Å². The van der Waals surface area contributed by atoms with E-state index in [0.29, 0.717) is 11.4 Å². The van der Waals surface area contributed by atoms with Gasteiger partial charge in [0.1, 0.15) is 0 Å². The molecule has 3 N–H and O–H groups in total. The molecule has 3 amide bonds. The average molecular weight is 345 g/mol. The van der Waals surface area contributed by atoms with E-state index >= 15 is 0 Å². The summed E-state index contributed by atoms with van der Waals surface area (Å²) in [6.07, 6.45) is -4.60. The fraction of sp³-hybridized carbons (Fsp3) is 0.167. The molecule has 1 aromatic carbocycles. The van der Waals surface area contributed by atoms with Crippen LogP contribution < -0.4 is 16.0 Å². The highest BCUT2D eigenvalue weighted by Crippen LogP contribution is 2.32. The third-order valence-corrected chi connectivity index (χ3v) is 3.23. The first-order chi connectivity index (χ1) is 10.7. The Kier molecular flexibility index (Phi) is 4.79. The van der Waals surface area contributed by atoms with Gasteiger partial charge in [0.25, 0.3) is 0 Å². The molecule has 0 saturated heterocycles. The number of hydrogen-bond donors (Lipinski definition) is 3. The maximum atomic E-state index is 12.4. The Morgan fingerprint density at radius 2 is 1.57 bits per heavy atom. The molecule has 7 nitrogen and oxygen atoms in total. The first kappa shape index (κ1) is 16.7. The number of carbonyl (C=O) groups is 2. The van der Waals surface area contributed by atoms with Crippen LogP contribution in [0.3, 0.4) is 0 Å². The summed E-state index contributed by atoms with van der Waals surface area (Å²) in [5, 5.41) is 11.9. The smallest absolute Gasteiger partial charge is 0.326 e. The third-order valence-electron chi connectivity index (χ3n) is 2.35. The Labute approximate surface area is 131 Å². The van der Waals surface area contributed by atoms with Crippen molar-refractivity contribution in [3.05, 3.63) is 29.3 Å². The fourth-order valence-corrected chi connectivity index (χ4v) is 2.09. The van der Waals surface area contributed by atoms with Gasteiger partial charge in [-0.2, -0.15) is 13.2 Å². The van der Waals surface area contributed by atoms with Crippen molar-refractivity contribution < 1.29 is 22.8 Å². The number of hydrogen-bond acceptors (Lipinski definition) is 5. The molecule has 11 heteroatoms. The van der Waals surface area contributed by atoms with Crippen molar-refractivity contribution >= 4 is 39.8 Å². The van der Waals surface area contributed by atoms with Crippen LogP contribution in [-0.2, 0) is 11.0 Å². The van der Waals surface area contributed by atoms with E-state index in [1.54, 1.807) is 12.1 Å². The SMILES string of the molecule is CC(=O)Nc1ccc(NC(=O)Nc2nnc(C(F)(F)F)s2)cc1. The summed E-state index contributed by atoms with van der Waals surface area (Å²) in [6.45, 7) is 1.36. The molecule has 0 atom stereocenters. The molecule has 0 spiro atoms. The van der Waals surface area contributed by atoms with Crippen LogP contribution in [0, 0.1) is 0 Å². The van der Waals surface area contributed by atoms with E-state index in [-0.39, 0.29) is 22.4 Å². The van der Waals surface area contributed by atoms with E-state index in [1.807, 2.05) is 0 Å². The molecule has 1 aromatic heterocycles. The van der Waals surface area contributed by atoms with Gasteiger partial charge in [-0.3, -0.25) is 10.1 Å². The van der Waals surface area contributed by atoms with Crippen LogP contribution in [0.25, 0.3) is 0 Å². The number of amides is 3. The van der Waals surface area contributed by atoms with Crippen molar-refractivity contribution in [3.8, 4) is 0 Å². The largest absolute Gasteiger partial charge is 0.445 e. The number of urea groups is 1. The van der Waals surface area contributed by atoms with E-state index < -0.39 is 17.2 Å². The fourth-order valence-electron chi connectivity index (χ4n) is 1.49. The van der Waals surface area contributed by atoms with Crippen molar-refractivity contribution in [3.63, 3.8) is 0 Å². The average Bonchev–Trinajstić information content (AvgIpc) is 2.89. The summed E-state index contributed by atoms with van der Waals surface area (Å²) in [4.78, 5) is 22.5. The zero-order valence-corrected chi connectivity index (χ0v) is 12.4. The van der Waals surface area contributed by atoms with E-state index in [0.717, 1.165) is 0 Å². The summed E-state index contributed by atoms with van der Waals surface area (Å²) >= 11 is 0.221. The van der Waals surface area contributed by atoms with Crippen LogP contribution in [0.15, 0.2) is 24.3 Å². The summed E-state index contributed by atoms with van der Waals surface area (Å²) in [5.41, 5.74) is 0.930. The molecule has 122 valence electrons. The number of carbonyl (C=O) groups excluding carboxylic acids is 2. The lowest BCUT2D eigenvalue weighted by Crippen LogP contribution is -2.19. The number of nitrogens with one attached hydrogen (secondary N) is 3. The van der Waals surface area contributed by atoms with Gasteiger partial charge < -0.3 is 10.6 Å². The van der Waals surface area contributed by atoms with Crippen LogP contribution in [0.2, 0.25) is 0 Å². The van der Waals surface area contributed by atoms with Crippen molar-refractivity contribution in [1.29, 1.82) is 0 Å². The molecule has 0 radical (unpaired) electrons. The lowest BCUT2D eigenvalue weighted by molar-refractivity contribution is -0.138. The molecule has 23 heavy (non-hydrogen) atoms. The van der Waals surface area contributed by atoms with Gasteiger partial charge in [0.2, 0.25) is 16.0 Å². The topological polar surface area (TPSA) is 96.0 Å². The monoisotopic (exact) mass is 345 g/mol. The van der Waals surface area contributed by atoms with E-state index in [1.165, 1.54) is 19.1 Å². The summed E-state index contributed by atoms with van der Waals surface area (Å²) < 4.78 is 37.1. The molecule has 0 aliphatic heterocycles. The highest BCUT2D eigenvalue weighted by molar-refractivity contribution is 7.15. The summed E-state index contributed by atoms with van der Waals surface area (Å²) in [6, 6.07) is 5.40. The number of alkyl halides is 3. The quantitative estimate of drug-likeness (QED) is 0.796. The molecule has 0 bridgehead atoms. The lowest BCUT2D eigenvalue weighted by atomic mass is 10.3. The Morgan fingerprint density at radius 1 is 1.00 bits per heavy atom. The van der Waals surface area contributed by atoms with Crippen LogP contribution in [-0.4, -0.2) is 22.1 Å². The molecule has 2 rings (SSSR count). The van der Waals surface area contributed by atoms with E-state index in [4.69, 9.17) is 0 Å². The van der Waals surface area contributed by atoms with E-state index in [2.05, 4.69) is 26.1 Å². The Morgan fingerprint density at radius 3 is 2.04 bits per heavy atom. The zero-order chi connectivity index (χ0) is 17.0. The van der Waals surface area contributed by atoms with Gasteiger partial charge in [-0.25, -0.2) is 4.79 Å². The van der Waals surface area contributed by atoms with Crippen LogP contribution in [0.4, 0.5) is 34.5 Å². The number of nitrogens with zero attached hydrogens (tertiary/aromatic N) is 2. The molecule has 1 heterocycles. The minimum atomic E-state index is -4.60. The predicted octanol–water partition coefficient (Wildman–Crippen LogP) is 3.16. The van der Waals surface area contributed by atoms with Crippen molar-refractivity contribution in [2.45, 2.75) is 13.1 Å². The zero-order valence-electron chi connectivity index (χ0n) is 11.6. The molecule has 0 fully saturated rings. The van der Waals surface area contributed by atoms with Gasteiger partial charge in [-0.1, -0.05) is 11.3 Å². The molecular weight excluding hydrogens is 335 g/mol. The minimum Gasteiger partial charge on any atom is -0.326 e. The van der Waals surface area contributed by atoms with Gasteiger partial charge in [0.05, 0.1) is 0 Å². The normalized spacial score (nSPS) is 11.0. The number of benzene rings is 1. The maximum absolute atomic E-state index is 12.4. The second kappa shape index (κ2) is 6.60. The van der Waals surface area contributed by atoms with Crippen LogP contribution >= 0.6 is 11.3 Å². The first-order valence-electron chi connectivity index (χ1n) is 6.10. The van der Waals surface area contributed by atoms with Gasteiger partial charge in [0, 0.05) is 18.3 Å². The van der Waals surface area contributed by atoms with Gasteiger partial charge in [0.15, 0.2) is 0 Å². The Balaban J connectivity index is 1.94. The Bertz CT molecular complexity index is 714. The van der Waals surface area contributed by atoms with Crippen molar-refractivity contribution in [2.24, 2.45) is 0 Å². The predicted molar refractivity (Wildman–Crippen MR) is 78.3 cm³/mol. The molecular formula is C12H10F3N5O2S. The number of anilines is 3. The molecule has 0 saturated carbocycles. The maximum Gasteiger partial charge on any atom is 0.445 e. The molecule has 2 aromatic rings. The summed E-state index contributed by atoms with van der Waals surface area (Å²) in [7, 11) is 0. The number of aromatic nitrogens is 2. The van der Waals surface area contributed by atoms with Gasteiger partial charge >= 0.3 is 12.2 Å². The van der Waals surface area contributed by atoms with Crippen molar-refractivity contribution in [2.75, 3.05) is 16.0 Å². The number of halogens is 3. The van der Waals surface area contributed by atoms with Crippen LogP contribution in [0.1, 0.15) is 11.9 Å². The first-order valence-corrected chi connectivity index (χ1v) is 6.92. The molecule has 0 aliphatic rings. The van der Waals surface area contributed by atoms with Gasteiger partial charge in [-0.15, -0.1) is 10.2 Å². The van der Waals surface area contributed by atoms with Gasteiger partial charge in [-0.05, 0) is 24.3 Å². The second-order valence-electron chi connectivity index (χ2n) is 4.25. The van der Waals surface area contributed by atoms with E-state index in [9.17, 15) is 22.8 Å². The third kappa shape index (κ3) is 4.92. The second-order valence-corrected chi connectivity index (χ2v) is 5.23. The summed E-state index contributed by atoms with van der Waals surface area (Å²) in [5.74, 6) is -0.236. The molecule has 0 unspecified atom stereocenters. The lowest BCUT2D eigenvalue weighted by Gasteiger charge is -2.06. The minimum absolute atomic E-state index is 0.221. The Hall–Kier alpha value is -2.69. The highest BCUT2D eigenvalue weighted by Gasteiger charge is 2.35. The van der Waals surface area contributed by atoms with Crippen LogP contribution in [0.5, 0.6) is 0 Å². The number of rotatable bonds is 3.